The third kappa shape index (κ3) is 7.40. The first-order valence-electron chi connectivity index (χ1n) is 11.4. The fourth-order valence-electron chi connectivity index (χ4n) is 3.47. The van der Waals surface area contributed by atoms with Gasteiger partial charge in [0.05, 0.1) is 17.3 Å². The van der Waals surface area contributed by atoms with Crippen LogP contribution >= 0.6 is 11.6 Å². The zero-order chi connectivity index (χ0) is 24.4. The van der Waals surface area contributed by atoms with Gasteiger partial charge in [0.25, 0.3) is 0 Å². The monoisotopic (exact) mass is 465 g/mol. The summed E-state index contributed by atoms with van der Waals surface area (Å²) in [5.41, 5.74) is 6.88. The second-order valence-corrected chi connectivity index (χ2v) is 9.07. The van der Waals surface area contributed by atoms with E-state index in [0.717, 1.165) is 6.42 Å². The van der Waals surface area contributed by atoms with Crippen molar-refractivity contribution < 1.29 is 9.59 Å². The summed E-state index contributed by atoms with van der Waals surface area (Å²) in [5.74, 6) is 0.585. The van der Waals surface area contributed by atoms with E-state index in [1.54, 1.807) is 11.8 Å². The summed E-state index contributed by atoms with van der Waals surface area (Å²) in [6.45, 7) is 15.9. The fraction of sp³-hybridized carbons (Fsp3) is 0.625. The molecule has 0 saturated heterocycles. The molecule has 0 aromatic carbocycles. The predicted molar refractivity (Wildman–Crippen MR) is 133 cm³/mol. The number of allylic oxidation sites excluding steroid dienone is 3. The third-order valence-electron chi connectivity index (χ3n) is 5.45. The summed E-state index contributed by atoms with van der Waals surface area (Å²) in [7, 11) is 0. The minimum Gasteiger partial charge on any atom is -0.403 e. The van der Waals surface area contributed by atoms with Crippen LogP contribution in [0.2, 0.25) is 0 Å². The van der Waals surface area contributed by atoms with Gasteiger partial charge in [-0.2, -0.15) is 5.10 Å². The van der Waals surface area contributed by atoms with Crippen molar-refractivity contribution in [3.8, 4) is 0 Å². The van der Waals surface area contributed by atoms with Crippen LogP contribution in [0.1, 0.15) is 54.9 Å². The smallest absolute Gasteiger partial charge is 0.341 e. The summed E-state index contributed by atoms with van der Waals surface area (Å²) >= 11 is 6.30. The van der Waals surface area contributed by atoms with Gasteiger partial charge in [0.1, 0.15) is 6.04 Å². The number of nitrogens with two attached hydrogens (primary N) is 1. The molecule has 2 atom stereocenters. The van der Waals surface area contributed by atoms with Crippen LogP contribution < -0.4 is 5.73 Å². The molecule has 7 nitrogen and oxygen atoms in total. The molecule has 0 aromatic heterocycles. The van der Waals surface area contributed by atoms with Crippen LogP contribution in [0.3, 0.4) is 0 Å². The lowest BCUT2D eigenvalue weighted by Gasteiger charge is -2.38. The molecule has 8 heteroatoms. The van der Waals surface area contributed by atoms with E-state index in [9.17, 15) is 9.59 Å². The van der Waals surface area contributed by atoms with Crippen LogP contribution in [-0.2, 0) is 4.79 Å². The molecular weight excluding hydrogens is 426 g/mol. The van der Waals surface area contributed by atoms with Crippen molar-refractivity contribution in [3.63, 3.8) is 0 Å². The molecular formula is C24H40ClN5O2. The number of amides is 3. The van der Waals surface area contributed by atoms with Crippen LogP contribution in [0.5, 0.6) is 0 Å². The Morgan fingerprint density at radius 3 is 2.41 bits per heavy atom. The summed E-state index contributed by atoms with van der Waals surface area (Å²) in [6.07, 6.45) is 7.88. The van der Waals surface area contributed by atoms with Crippen molar-refractivity contribution in [1.82, 2.24) is 14.8 Å². The number of carbonyl (C=O) groups excluding carboxylic acids is 2. The summed E-state index contributed by atoms with van der Waals surface area (Å²) in [6, 6.07) is -1.04. The Kier molecular flexibility index (Phi) is 11.5. The second kappa shape index (κ2) is 13.3. The molecule has 0 saturated carbocycles. The second-order valence-electron chi connectivity index (χ2n) is 8.67. The molecule has 2 unspecified atom stereocenters. The molecule has 32 heavy (non-hydrogen) atoms. The Bertz CT molecular complexity index is 772. The van der Waals surface area contributed by atoms with Gasteiger partial charge < -0.3 is 15.5 Å². The summed E-state index contributed by atoms with van der Waals surface area (Å²) < 4.78 is 0. The van der Waals surface area contributed by atoms with Crippen molar-refractivity contribution in [3.05, 3.63) is 35.0 Å². The number of urea groups is 1. The number of hydrazone groups is 1. The number of hydrogen-bond acceptors (Lipinski definition) is 4. The van der Waals surface area contributed by atoms with Gasteiger partial charge in [-0.3, -0.25) is 4.79 Å². The van der Waals surface area contributed by atoms with Crippen LogP contribution in [-0.4, -0.2) is 64.7 Å². The zero-order valence-electron chi connectivity index (χ0n) is 20.6. The molecule has 3 amide bonds. The van der Waals surface area contributed by atoms with E-state index in [4.69, 9.17) is 17.3 Å². The first-order chi connectivity index (χ1) is 15.1. The first kappa shape index (κ1) is 27.8. The lowest BCUT2D eigenvalue weighted by atomic mass is 10.1. The molecule has 0 radical (unpaired) electrons. The van der Waals surface area contributed by atoms with Crippen molar-refractivity contribution >= 4 is 29.3 Å². The molecule has 0 fully saturated rings. The van der Waals surface area contributed by atoms with E-state index >= 15 is 0 Å². The highest BCUT2D eigenvalue weighted by molar-refractivity contribution is 6.36. The zero-order valence-corrected chi connectivity index (χ0v) is 21.4. The minimum absolute atomic E-state index is 0.106. The number of carbonyl (C=O) groups is 2. The number of hydrogen-bond donors (Lipinski definition) is 1. The van der Waals surface area contributed by atoms with E-state index in [1.165, 1.54) is 11.2 Å². The molecule has 0 aliphatic carbocycles. The van der Waals surface area contributed by atoms with E-state index in [2.05, 4.69) is 32.8 Å². The molecule has 0 bridgehead atoms. The summed E-state index contributed by atoms with van der Waals surface area (Å²) in [4.78, 5) is 30.2. The van der Waals surface area contributed by atoms with Crippen molar-refractivity contribution in [2.45, 2.75) is 60.9 Å². The van der Waals surface area contributed by atoms with E-state index in [0.29, 0.717) is 47.8 Å². The Hall–Kier alpha value is -2.28. The lowest BCUT2D eigenvalue weighted by molar-refractivity contribution is -0.136. The van der Waals surface area contributed by atoms with Crippen LogP contribution in [0, 0.1) is 11.8 Å². The standard InChI is InChI=1S/C24H40ClN5O2/c1-8-11-12-28-16-22(20(10-3)21(25)13-26)27-30(24(28)32)19(7)23(31)29(14-17(4)5)15-18(6)9-2/h8,10-11,13,17-19H,9,12,14-16,26H2,1-7H3/b11-8-,20-10+,21-13+. The van der Waals surface area contributed by atoms with Crippen LogP contribution in [0.15, 0.2) is 40.1 Å². The number of halogens is 1. The Labute approximate surface area is 198 Å². The Morgan fingerprint density at radius 2 is 1.91 bits per heavy atom. The van der Waals surface area contributed by atoms with E-state index < -0.39 is 6.04 Å². The third-order valence-corrected chi connectivity index (χ3v) is 5.78. The average molecular weight is 466 g/mol. The van der Waals surface area contributed by atoms with E-state index in [-0.39, 0.29) is 18.5 Å². The molecule has 1 aliphatic rings. The molecule has 1 heterocycles. The first-order valence-corrected chi connectivity index (χ1v) is 11.8. The van der Waals surface area contributed by atoms with Crippen molar-refractivity contribution in [2.75, 3.05) is 26.2 Å². The highest BCUT2D eigenvalue weighted by Crippen LogP contribution is 2.23. The minimum atomic E-state index is -0.743. The Morgan fingerprint density at radius 1 is 1.25 bits per heavy atom. The van der Waals surface area contributed by atoms with Gasteiger partial charge in [-0.25, -0.2) is 9.80 Å². The maximum absolute atomic E-state index is 13.5. The van der Waals surface area contributed by atoms with Gasteiger partial charge in [0.2, 0.25) is 5.91 Å². The molecule has 1 aliphatic heterocycles. The van der Waals surface area contributed by atoms with Gasteiger partial charge in [0, 0.05) is 31.4 Å². The predicted octanol–water partition coefficient (Wildman–Crippen LogP) is 4.56. The lowest BCUT2D eigenvalue weighted by Crippen LogP contribution is -2.56. The quantitative estimate of drug-likeness (QED) is 0.358. The normalized spacial score (nSPS) is 17.8. The Balaban J connectivity index is 3.36. The van der Waals surface area contributed by atoms with Gasteiger partial charge in [0.15, 0.2) is 0 Å². The molecule has 0 aromatic rings. The number of rotatable bonds is 11. The van der Waals surface area contributed by atoms with Gasteiger partial charge in [-0.15, -0.1) is 0 Å². The van der Waals surface area contributed by atoms with Crippen LogP contribution in [0.4, 0.5) is 4.79 Å². The van der Waals surface area contributed by atoms with Gasteiger partial charge in [-0.05, 0) is 32.6 Å². The van der Waals surface area contributed by atoms with Gasteiger partial charge >= 0.3 is 6.03 Å². The van der Waals surface area contributed by atoms with Crippen LogP contribution in [0.25, 0.3) is 0 Å². The maximum Gasteiger partial charge on any atom is 0.341 e. The topological polar surface area (TPSA) is 82.2 Å². The fourth-order valence-corrected chi connectivity index (χ4v) is 3.68. The molecule has 2 N–H and O–H groups in total. The average Bonchev–Trinajstić information content (AvgIpc) is 2.77. The highest BCUT2D eigenvalue weighted by atomic mass is 35.5. The molecule has 180 valence electrons. The summed E-state index contributed by atoms with van der Waals surface area (Å²) in [5, 5.41) is 6.22. The molecule has 0 spiro atoms. The van der Waals surface area contributed by atoms with Gasteiger partial charge in [-0.1, -0.05) is 63.9 Å². The highest BCUT2D eigenvalue weighted by Gasteiger charge is 2.36. The van der Waals surface area contributed by atoms with Crippen molar-refractivity contribution in [1.29, 1.82) is 0 Å². The van der Waals surface area contributed by atoms with Crippen molar-refractivity contribution in [2.24, 2.45) is 22.7 Å². The molecule has 1 rings (SSSR count). The SMILES string of the molecule is C/C=C\CN1CC(C(=C/C)/C(Cl)=C\N)=NN(C(C)C(=O)N(CC(C)C)CC(C)CC)C1=O. The largest absolute Gasteiger partial charge is 0.403 e. The maximum atomic E-state index is 13.5. The van der Waals surface area contributed by atoms with E-state index in [1.807, 2.05) is 37.0 Å². The number of nitrogens with zero attached hydrogens (tertiary/aromatic N) is 4.